The number of hydrogen-bond donors (Lipinski definition) is 2. The Labute approximate surface area is 140 Å². The maximum absolute atomic E-state index is 12.4. The smallest absolute Gasteiger partial charge is 0.237 e. The number of aliphatic hydroxyl groups is 1. The Bertz CT molecular complexity index is 388. The normalized spacial score (nSPS) is 28.6. The number of ether oxygens (including phenoxy) is 1. The van der Waals surface area contributed by atoms with Gasteiger partial charge in [0.05, 0.1) is 18.2 Å². The Balaban J connectivity index is 1.87. The van der Waals surface area contributed by atoms with Crippen LogP contribution in [0.2, 0.25) is 0 Å². The van der Waals surface area contributed by atoms with E-state index >= 15 is 0 Å². The van der Waals surface area contributed by atoms with E-state index in [2.05, 4.69) is 24.1 Å². The summed E-state index contributed by atoms with van der Waals surface area (Å²) in [6.45, 7) is 10.6. The van der Waals surface area contributed by atoms with Crippen molar-refractivity contribution in [2.45, 2.75) is 84.1 Å². The first kappa shape index (κ1) is 18.7. The van der Waals surface area contributed by atoms with Crippen LogP contribution in [-0.2, 0) is 9.53 Å². The SMILES string of the molecule is CCOC1CC(O)C12CCN(C(C)C(=O)NC(CC)CC)CC2. The van der Waals surface area contributed by atoms with Crippen molar-refractivity contribution in [2.24, 2.45) is 5.41 Å². The fourth-order valence-electron chi connectivity index (χ4n) is 4.12. The third-order valence-electron chi connectivity index (χ3n) is 6.10. The summed E-state index contributed by atoms with van der Waals surface area (Å²) in [4.78, 5) is 14.7. The van der Waals surface area contributed by atoms with E-state index in [1.807, 2.05) is 13.8 Å². The fourth-order valence-corrected chi connectivity index (χ4v) is 4.12. The second kappa shape index (κ2) is 7.95. The molecule has 3 unspecified atom stereocenters. The molecule has 0 aromatic carbocycles. The summed E-state index contributed by atoms with van der Waals surface area (Å²) in [5.74, 6) is 0.130. The lowest BCUT2D eigenvalue weighted by Gasteiger charge is -2.57. The summed E-state index contributed by atoms with van der Waals surface area (Å²) in [7, 11) is 0. The highest BCUT2D eigenvalue weighted by atomic mass is 16.5. The van der Waals surface area contributed by atoms with Crippen molar-refractivity contribution in [3.05, 3.63) is 0 Å². The minimum absolute atomic E-state index is 0.0714. The molecule has 134 valence electrons. The van der Waals surface area contributed by atoms with Crippen molar-refractivity contribution in [2.75, 3.05) is 19.7 Å². The van der Waals surface area contributed by atoms with Crippen molar-refractivity contribution < 1.29 is 14.6 Å². The molecule has 0 aromatic rings. The quantitative estimate of drug-likeness (QED) is 0.750. The molecule has 0 aromatic heterocycles. The molecule has 1 spiro atoms. The van der Waals surface area contributed by atoms with E-state index in [4.69, 9.17) is 4.74 Å². The van der Waals surface area contributed by atoms with Gasteiger partial charge in [0.2, 0.25) is 5.91 Å². The highest BCUT2D eigenvalue weighted by Crippen LogP contribution is 2.51. The summed E-state index contributed by atoms with van der Waals surface area (Å²) >= 11 is 0. The van der Waals surface area contributed by atoms with Gasteiger partial charge in [0.15, 0.2) is 0 Å². The second-order valence-electron chi connectivity index (χ2n) is 7.16. The molecule has 2 fully saturated rings. The Morgan fingerprint density at radius 2 is 1.91 bits per heavy atom. The van der Waals surface area contributed by atoms with Crippen LogP contribution in [0.1, 0.15) is 59.8 Å². The lowest BCUT2D eigenvalue weighted by atomic mass is 9.58. The number of likely N-dealkylation sites (tertiary alicyclic amines) is 1. The molecule has 1 saturated heterocycles. The van der Waals surface area contributed by atoms with Crippen LogP contribution >= 0.6 is 0 Å². The topological polar surface area (TPSA) is 61.8 Å². The summed E-state index contributed by atoms with van der Waals surface area (Å²) in [6, 6.07) is 0.174. The first-order chi connectivity index (χ1) is 11.0. The Kier molecular flexibility index (Phi) is 6.46. The maximum Gasteiger partial charge on any atom is 0.237 e. The summed E-state index contributed by atoms with van der Waals surface area (Å²) in [6.07, 6.45) is 4.50. The molecule has 1 heterocycles. The van der Waals surface area contributed by atoms with Gasteiger partial charge >= 0.3 is 0 Å². The highest BCUT2D eigenvalue weighted by molar-refractivity contribution is 5.81. The van der Waals surface area contributed by atoms with Gasteiger partial charge in [0, 0.05) is 24.5 Å². The molecular formula is C18H34N2O3. The van der Waals surface area contributed by atoms with E-state index in [0.717, 1.165) is 45.2 Å². The zero-order chi connectivity index (χ0) is 17.0. The van der Waals surface area contributed by atoms with Crippen LogP contribution in [0.3, 0.4) is 0 Å². The first-order valence-corrected chi connectivity index (χ1v) is 9.32. The number of carbonyl (C=O) groups excluding carboxylic acids is 1. The molecule has 1 saturated carbocycles. The van der Waals surface area contributed by atoms with Crippen molar-refractivity contribution in [3.8, 4) is 0 Å². The van der Waals surface area contributed by atoms with Crippen molar-refractivity contribution in [1.29, 1.82) is 0 Å². The van der Waals surface area contributed by atoms with Gasteiger partial charge in [-0.25, -0.2) is 0 Å². The molecule has 3 atom stereocenters. The average molecular weight is 326 g/mol. The van der Waals surface area contributed by atoms with Gasteiger partial charge in [-0.15, -0.1) is 0 Å². The van der Waals surface area contributed by atoms with E-state index in [-0.39, 0.29) is 35.6 Å². The minimum Gasteiger partial charge on any atom is -0.392 e. The summed E-state index contributed by atoms with van der Waals surface area (Å²) in [5.41, 5.74) is -0.0714. The highest BCUT2D eigenvalue weighted by Gasteiger charge is 2.56. The van der Waals surface area contributed by atoms with Gasteiger partial charge in [-0.1, -0.05) is 13.8 Å². The van der Waals surface area contributed by atoms with Gasteiger partial charge in [-0.3, -0.25) is 9.69 Å². The molecule has 0 radical (unpaired) electrons. The van der Waals surface area contributed by atoms with Crippen LogP contribution < -0.4 is 5.32 Å². The van der Waals surface area contributed by atoms with Crippen LogP contribution in [0.4, 0.5) is 0 Å². The Hall–Kier alpha value is -0.650. The number of nitrogens with one attached hydrogen (secondary N) is 1. The fraction of sp³-hybridized carbons (Fsp3) is 0.944. The number of carbonyl (C=O) groups is 1. The number of amides is 1. The van der Waals surface area contributed by atoms with Gasteiger partial charge in [0.1, 0.15) is 0 Å². The molecule has 2 aliphatic rings. The molecule has 5 nitrogen and oxygen atoms in total. The van der Waals surface area contributed by atoms with E-state index in [9.17, 15) is 9.90 Å². The molecule has 23 heavy (non-hydrogen) atoms. The molecule has 1 aliphatic carbocycles. The molecule has 0 bridgehead atoms. The molecule has 1 aliphatic heterocycles. The van der Waals surface area contributed by atoms with Gasteiger partial charge in [-0.2, -0.15) is 0 Å². The Morgan fingerprint density at radius 1 is 1.30 bits per heavy atom. The zero-order valence-electron chi connectivity index (χ0n) is 15.2. The lowest BCUT2D eigenvalue weighted by Crippen LogP contribution is -2.63. The van der Waals surface area contributed by atoms with Gasteiger partial charge in [0.25, 0.3) is 0 Å². The Morgan fingerprint density at radius 3 is 2.39 bits per heavy atom. The molecule has 2 N–H and O–H groups in total. The molecule has 2 rings (SSSR count). The number of rotatable bonds is 7. The second-order valence-corrected chi connectivity index (χ2v) is 7.16. The molecule has 1 amide bonds. The standard InChI is InChI=1S/C18H34N2O3/c1-5-14(6-2)19-17(22)13(4)20-10-8-18(9-11-20)15(21)12-16(18)23-7-3/h13-16,21H,5-12H2,1-4H3,(H,19,22). The maximum atomic E-state index is 12.4. The number of aliphatic hydroxyl groups excluding tert-OH is 1. The molecule has 5 heteroatoms. The summed E-state index contributed by atoms with van der Waals surface area (Å²) < 4.78 is 5.81. The third-order valence-corrected chi connectivity index (χ3v) is 6.10. The third kappa shape index (κ3) is 3.72. The zero-order valence-corrected chi connectivity index (χ0v) is 15.2. The van der Waals surface area contributed by atoms with Crippen LogP contribution in [0.15, 0.2) is 0 Å². The number of piperidine rings is 1. The minimum atomic E-state index is -0.241. The first-order valence-electron chi connectivity index (χ1n) is 9.32. The van der Waals surface area contributed by atoms with E-state index in [1.165, 1.54) is 0 Å². The van der Waals surface area contributed by atoms with Crippen LogP contribution in [0.25, 0.3) is 0 Å². The van der Waals surface area contributed by atoms with Crippen molar-refractivity contribution in [3.63, 3.8) is 0 Å². The average Bonchev–Trinajstić information content (AvgIpc) is 2.58. The summed E-state index contributed by atoms with van der Waals surface area (Å²) in [5, 5.41) is 13.4. The number of hydrogen-bond acceptors (Lipinski definition) is 4. The van der Waals surface area contributed by atoms with E-state index in [1.54, 1.807) is 0 Å². The monoisotopic (exact) mass is 326 g/mol. The number of nitrogens with zero attached hydrogens (tertiary/aromatic N) is 1. The van der Waals surface area contributed by atoms with Crippen LogP contribution in [0, 0.1) is 5.41 Å². The predicted octanol–water partition coefficient (Wildman–Crippen LogP) is 1.93. The lowest BCUT2D eigenvalue weighted by molar-refractivity contribution is -0.210. The van der Waals surface area contributed by atoms with Crippen molar-refractivity contribution in [1.82, 2.24) is 10.2 Å². The van der Waals surface area contributed by atoms with Crippen LogP contribution in [-0.4, -0.2) is 59.9 Å². The van der Waals surface area contributed by atoms with Gasteiger partial charge < -0.3 is 15.2 Å². The largest absolute Gasteiger partial charge is 0.392 e. The molecular weight excluding hydrogens is 292 g/mol. The van der Waals surface area contributed by atoms with Crippen LogP contribution in [0.5, 0.6) is 0 Å². The van der Waals surface area contributed by atoms with Crippen molar-refractivity contribution >= 4 is 5.91 Å². The van der Waals surface area contributed by atoms with E-state index < -0.39 is 0 Å². The van der Waals surface area contributed by atoms with E-state index in [0.29, 0.717) is 6.61 Å². The predicted molar refractivity (Wildman–Crippen MR) is 91.3 cm³/mol. The van der Waals surface area contributed by atoms with Gasteiger partial charge in [-0.05, 0) is 52.6 Å².